The lowest BCUT2D eigenvalue weighted by molar-refractivity contribution is 0.625. The zero-order valence-corrected chi connectivity index (χ0v) is 7.81. The second kappa shape index (κ2) is 3.35. The molecule has 0 aliphatic carbocycles. The Morgan fingerprint density at radius 3 is 2.92 bits per heavy atom. The zero-order chi connectivity index (χ0) is 9.26. The van der Waals surface area contributed by atoms with Gasteiger partial charge < -0.3 is 0 Å². The van der Waals surface area contributed by atoms with Crippen LogP contribution in [-0.2, 0) is 0 Å². The van der Waals surface area contributed by atoms with Crippen molar-refractivity contribution in [2.75, 3.05) is 0 Å². The van der Waals surface area contributed by atoms with Crippen molar-refractivity contribution >= 4 is 23.1 Å². The molecule has 0 fully saturated rings. The van der Waals surface area contributed by atoms with Gasteiger partial charge in [0.25, 0.3) is 0 Å². The maximum Gasteiger partial charge on any atom is 0.234 e. The number of hydrogen-bond donors (Lipinski definition) is 0. The van der Waals surface area contributed by atoms with Gasteiger partial charge in [0.1, 0.15) is 5.01 Å². The van der Waals surface area contributed by atoms with Crippen LogP contribution in [0.1, 0.15) is 0 Å². The van der Waals surface area contributed by atoms with E-state index in [1.807, 2.05) is 0 Å². The Morgan fingerprint density at radius 1 is 1.46 bits per heavy atom. The first-order valence-electron chi connectivity index (χ1n) is 3.36. The summed E-state index contributed by atoms with van der Waals surface area (Å²) in [4.78, 5) is 7.47. The van der Waals surface area contributed by atoms with Crippen LogP contribution in [0.5, 0.6) is 0 Å². The SMILES string of the molecule is Fc1cnccc1-c1nc(Cl)ns1. The molecule has 0 radical (unpaired) electrons. The fraction of sp³-hybridized carbons (Fsp3) is 0. The number of halogens is 2. The smallest absolute Gasteiger partial charge is 0.234 e. The number of nitrogens with zero attached hydrogens (tertiary/aromatic N) is 3. The molecule has 2 aromatic heterocycles. The van der Waals surface area contributed by atoms with Crippen LogP contribution >= 0.6 is 23.1 Å². The van der Waals surface area contributed by atoms with Crippen LogP contribution in [0.2, 0.25) is 5.28 Å². The lowest BCUT2D eigenvalue weighted by Crippen LogP contribution is -1.83. The molecule has 0 aliphatic rings. The highest BCUT2D eigenvalue weighted by Gasteiger charge is 2.09. The van der Waals surface area contributed by atoms with Gasteiger partial charge in [0.05, 0.1) is 11.8 Å². The van der Waals surface area contributed by atoms with E-state index in [1.54, 1.807) is 0 Å². The normalized spacial score (nSPS) is 10.3. The number of pyridine rings is 1. The maximum absolute atomic E-state index is 13.1. The van der Waals surface area contributed by atoms with Gasteiger partial charge in [-0.3, -0.25) is 4.98 Å². The van der Waals surface area contributed by atoms with Crippen LogP contribution in [-0.4, -0.2) is 14.3 Å². The lowest BCUT2D eigenvalue weighted by atomic mass is 10.3. The van der Waals surface area contributed by atoms with Crippen LogP contribution in [0.15, 0.2) is 18.5 Å². The van der Waals surface area contributed by atoms with Gasteiger partial charge in [-0.05, 0) is 29.2 Å². The van der Waals surface area contributed by atoms with Crippen LogP contribution in [0.4, 0.5) is 4.39 Å². The number of hydrogen-bond acceptors (Lipinski definition) is 4. The molecule has 66 valence electrons. The second-order valence-electron chi connectivity index (χ2n) is 2.22. The Bertz CT molecular complexity index is 431. The van der Waals surface area contributed by atoms with E-state index >= 15 is 0 Å². The summed E-state index contributed by atoms with van der Waals surface area (Å²) in [6.07, 6.45) is 2.62. The third kappa shape index (κ3) is 1.66. The molecule has 0 amide bonds. The minimum atomic E-state index is -0.421. The lowest BCUT2D eigenvalue weighted by Gasteiger charge is -1.94. The first kappa shape index (κ1) is 8.52. The Kier molecular flexibility index (Phi) is 2.20. The Balaban J connectivity index is 2.52. The molecule has 0 bridgehead atoms. The molecule has 0 atom stereocenters. The van der Waals surface area contributed by atoms with Gasteiger partial charge in [-0.25, -0.2) is 9.37 Å². The number of aromatic nitrogens is 3. The minimum absolute atomic E-state index is 0.135. The van der Waals surface area contributed by atoms with Gasteiger partial charge in [0, 0.05) is 6.20 Å². The molecule has 0 saturated carbocycles. The van der Waals surface area contributed by atoms with Gasteiger partial charge in [-0.15, -0.1) is 0 Å². The fourth-order valence-corrected chi connectivity index (χ4v) is 1.70. The van der Waals surface area contributed by atoms with E-state index in [0.29, 0.717) is 10.6 Å². The molecule has 2 heterocycles. The van der Waals surface area contributed by atoms with Gasteiger partial charge in [0.15, 0.2) is 5.82 Å². The van der Waals surface area contributed by atoms with Crippen LogP contribution in [0.3, 0.4) is 0 Å². The fourth-order valence-electron chi connectivity index (χ4n) is 0.864. The van der Waals surface area contributed by atoms with Gasteiger partial charge in [0.2, 0.25) is 5.28 Å². The molecular formula is C7H3ClFN3S. The van der Waals surface area contributed by atoms with Crippen molar-refractivity contribution in [2.45, 2.75) is 0 Å². The summed E-state index contributed by atoms with van der Waals surface area (Å²) in [6, 6.07) is 1.53. The molecule has 2 aromatic rings. The highest BCUT2D eigenvalue weighted by molar-refractivity contribution is 7.09. The van der Waals surface area contributed by atoms with Gasteiger partial charge >= 0.3 is 0 Å². The van der Waals surface area contributed by atoms with E-state index < -0.39 is 5.82 Å². The van der Waals surface area contributed by atoms with Gasteiger partial charge in [-0.2, -0.15) is 4.37 Å². The van der Waals surface area contributed by atoms with Crippen molar-refractivity contribution in [3.63, 3.8) is 0 Å². The Morgan fingerprint density at radius 2 is 2.31 bits per heavy atom. The standard InChI is InChI=1S/C7H3ClFN3S/c8-7-11-6(13-12-7)4-1-2-10-3-5(4)9/h1-3H. The molecule has 0 aliphatic heterocycles. The largest absolute Gasteiger partial charge is 0.262 e. The molecule has 0 unspecified atom stereocenters. The Labute approximate surface area is 82.4 Å². The summed E-state index contributed by atoms with van der Waals surface area (Å²) in [5, 5.41) is 0.598. The van der Waals surface area contributed by atoms with E-state index in [-0.39, 0.29) is 5.28 Å². The van der Waals surface area contributed by atoms with E-state index in [9.17, 15) is 4.39 Å². The highest BCUT2D eigenvalue weighted by atomic mass is 35.5. The third-order valence-corrected chi connectivity index (χ3v) is 2.42. The molecule has 3 nitrogen and oxygen atoms in total. The van der Waals surface area contributed by atoms with Crippen molar-refractivity contribution < 1.29 is 4.39 Å². The Hall–Kier alpha value is -1.07. The van der Waals surface area contributed by atoms with Crippen LogP contribution in [0, 0.1) is 5.82 Å². The predicted molar refractivity (Wildman–Crippen MR) is 48.1 cm³/mol. The molecular weight excluding hydrogens is 213 g/mol. The van der Waals surface area contributed by atoms with E-state index in [4.69, 9.17) is 11.6 Å². The van der Waals surface area contributed by atoms with E-state index in [2.05, 4.69) is 14.3 Å². The topological polar surface area (TPSA) is 38.7 Å². The van der Waals surface area contributed by atoms with Crippen LogP contribution < -0.4 is 0 Å². The van der Waals surface area contributed by atoms with Crippen molar-refractivity contribution in [3.8, 4) is 10.6 Å². The van der Waals surface area contributed by atoms with Crippen LogP contribution in [0.25, 0.3) is 10.6 Å². The van der Waals surface area contributed by atoms with E-state index in [0.717, 1.165) is 17.7 Å². The van der Waals surface area contributed by atoms with Crippen molar-refractivity contribution in [1.82, 2.24) is 14.3 Å². The van der Waals surface area contributed by atoms with Crippen molar-refractivity contribution in [3.05, 3.63) is 29.6 Å². The quantitative estimate of drug-likeness (QED) is 0.733. The summed E-state index contributed by atoms with van der Waals surface area (Å²) < 4.78 is 16.9. The van der Waals surface area contributed by atoms with Crippen molar-refractivity contribution in [1.29, 1.82) is 0 Å². The molecule has 13 heavy (non-hydrogen) atoms. The summed E-state index contributed by atoms with van der Waals surface area (Å²) in [6.45, 7) is 0. The third-order valence-electron chi connectivity index (χ3n) is 1.40. The average Bonchev–Trinajstić information content (AvgIpc) is 2.53. The number of rotatable bonds is 1. The molecule has 6 heteroatoms. The first-order chi connectivity index (χ1) is 6.27. The molecule has 0 N–H and O–H groups in total. The highest BCUT2D eigenvalue weighted by Crippen LogP contribution is 2.24. The molecule has 0 saturated heterocycles. The summed E-state index contributed by atoms with van der Waals surface area (Å²) in [5.41, 5.74) is 0.374. The zero-order valence-electron chi connectivity index (χ0n) is 6.24. The van der Waals surface area contributed by atoms with Gasteiger partial charge in [-0.1, -0.05) is 0 Å². The average molecular weight is 216 g/mol. The molecule has 0 aromatic carbocycles. The summed E-state index contributed by atoms with van der Waals surface area (Å²) >= 11 is 6.57. The van der Waals surface area contributed by atoms with Crippen molar-refractivity contribution in [2.24, 2.45) is 0 Å². The summed E-state index contributed by atoms with van der Waals surface area (Å²) in [5.74, 6) is -0.421. The second-order valence-corrected chi connectivity index (χ2v) is 3.31. The molecule has 0 spiro atoms. The maximum atomic E-state index is 13.1. The minimum Gasteiger partial charge on any atom is -0.262 e. The first-order valence-corrected chi connectivity index (χ1v) is 4.51. The summed E-state index contributed by atoms with van der Waals surface area (Å²) in [7, 11) is 0. The predicted octanol–water partition coefficient (Wildman–Crippen LogP) is 2.39. The monoisotopic (exact) mass is 215 g/mol. The molecule has 2 rings (SSSR count). The van der Waals surface area contributed by atoms with E-state index in [1.165, 1.54) is 12.3 Å².